The molecule has 2 atom stereocenters. The molecule has 0 aromatic carbocycles. The average Bonchev–Trinajstić information content (AvgIpc) is 2.80. The molecule has 0 aromatic rings. The number of aliphatic hydroxyl groups excluding tert-OH is 1. The molecule has 0 heterocycles. The van der Waals surface area contributed by atoms with E-state index in [2.05, 4.69) is 28.1 Å². The lowest BCUT2D eigenvalue weighted by atomic mass is 10.1. The van der Waals surface area contributed by atoms with E-state index < -0.39 is 26.5 Å². The Morgan fingerprint density at radius 1 is 0.879 bits per heavy atom. The maximum Gasteiger partial charge on any atom is 0.472 e. The molecule has 0 aliphatic heterocycles. The maximum atomic E-state index is 11.7. The summed E-state index contributed by atoms with van der Waals surface area (Å²) in [5.41, 5.74) is 5.17. The van der Waals surface area contributed by atoms with Crippen LogP contribution in [0.15, 0.2) is 12.2 Å². The van der Waals surface area contributed by atoms with Crippen LogP contribution < -0.4 is 5.73 Å². The van der Waals surface area contributed by atoms with Crippen molar-refractivity contribution in [3.05, 3.63) is 12.2 Å². The van der Waals surface area contributed by atoms with Crippen molar-refractivity contribution in [2.45, 2.75) is 109 Å². The number of carbonyl (C=O) groups excluding carboxylic acids is 1. The minimum atomic E-state index is -4.24. The maximum absolute atomic E-state index is 11.7. The molecule has 9 heteroatoms. The zero-order chi connectivity index (χ0) is 24.6. The van der Waals surface area contributed by atoms with E-state index in [-0.39, 0.29) is 19.8 Å². The van der Waals surface area contributed by atoms with Gasteiger partial charge in [0.15, 0.2) is 0 Å². The van der Waals surface area contributed by atoms with Gasteiger partial charge in [0.25, 0.3) is 0 Å². The third-order valence-corrected chi connectivity index (χ3v) is 6.12. The number of aliphatic hydroxyl groups is 1. The number of hydrogen-bond acceptors (Lipinski definition) is 7. The molecule has 0 aliphatic carbocycles. The number of esters is 1. The van der Waals surface area contributed by atoms with Crippen LogP contribution in [0, 0.1) is 0 Å². The number of ether oxygens (including phenoxy) is 1. The Hall–Kier alpha value is -0.760. The summed E-state index contributed by atoms with van der Waals surface area (Å²) < 4.78 is 25.5. The molecule has 0 aromatic heterocycles. The van der Waals surface area contributed by atoms with Gasteiger partial charge in [-0.1, -0.05) is 76.9 Å². The molecule has 0 rings (SSSR count). The van der Waals surface area contributed by atoms with Crippen LogP contribution in [0.25, 0.3) is 0 Å². The molecule has 4 N–H and O–H groups in total. The summed E-state index contributed by atoms with van der Waals surface area (Å²) in [5.74, 6) is -0.395. The standard InChI is InChI=1S/C24H48NO7P/c1-2-3-4-5-6-7-8-9-10-11-12-13-14-15-16-17-18-24(27)30-21-23(26)22-32-33(28,29)31-20-19-25/h10-11,23,26H,2-9,12-22,25H2,1H3,(H,28,29)/b11-10+. The minimum absolute atomic E-state index is 0.0739. The fraction of sp³-hybridized carbons (Fsp3) is 0.875. The molecule has 0 saturated carbocycles. The molecule has 0 aliphatic rings. The molecule has 0 amide bonds. The van der Waals surface area contributed by atoms with Gasteiger partial charge in [0.05, 0.1) is 13.2 Å². The molecule has 2 unspecified atom stereocenters. The summed E-state index contributed by atoms with van der Waals surface area (Å²) in [6.45, 7) is 1.43. The number of unbranched alkanes of at least 4 members (excludes halogenated alkanes) is 12. The minimum Gasteiger partial charge on any atom is -0.463 e. The predicted molar refractivity (Wildman–Crippen MR) is 132 cm³/mol. The van der Waals surface area contributed by atoms with E-state index in [4.69, 9.17) is 10.5 Å². The fourth-order valence-electron chi connectivity index (χ4n) is 3.21. The Bertz CT molecular complexity index is 531. The van der Waals surface area contributed by atoms with E-state index in [0.717, 1.165) is 32.1 Å². The van der Waals surface area contributed by atoms with Gasteiger partial charge >= 0.3 is 13.8 Å². The van der Waals surface area contributed by atoms with Crippen LogP contribution in [0.2, 0.25) is 0 Å². The lowest BCUT2D eigenvalue weighted by Gasteiger charge is -2.15. The molecule has 33 heavy (non-hydrogen) atoms. The fourth-order valence-corrected chi connectivity index (χ4v) is 3.98. The second-order valence-corrected chi connectivity index (χ2v) is 9.86. The third kappa shape index (κ3) is 24.2. The number of rotatable bonds is 24. The third-order valence-electron chi connectivity index (χ3n) is 5.13. The Balaban J connectivity index is 3.47. The van der Waals surface area contributed by atoms with E-state index >= 15 is 0 Å². The zero-order valence-electron chi connectivity index (χ0n) is 20.6. The number of carbonyl (C=O) groups is 1. The van der Waals surface area contributed by atoms with Crippen LogP contribution in [0.4, 0.5) is 0 Å². The van der Waals surface area contributed by atoms with E-state index in [9.17, 15) is 19.4 Å². The van der Waals surface area contributed by atoms with Crippen molar-refractivity contribution < 1.29 is 33.1 Å². The number of phosphoric ester groups is 1. The van der Waals surface area contributed by atoms with Crippen LogP contribution in [0.1, 0.15) is 103 Å². The molecule has 196 valence electrons. The quantitative estimate of drug-likeness (QED) is 0.0704. The molecule has 0 bridgehead atoms. The van der Waals surface area contributed by atoms with Gasteiger partial charge in [0.1, 0.15) is 12.7 Å². The Kier molecular flexibility index (Phi) is 22.5. The Morgan fingerprint density at radius 2 is 1.42 bits per heavy atom. The van der Waals surface area contributed by atoms with E-state index in [1.165, 1.54) is 57.8 Å². The summed E-state index contributed by atoms with van der Waals surface area (Å²) in [7, 11) is -4.24. The monoisotopic (exact) mass is 493 g/mol. The van der Waals surface area contributed by atoms with Crippen LogP contribution in [0.3, 0.4) is 0 Å². The average molecular weight is 494 g/mol. The van der Waals surface area contributed by atoms with Crippen molar-refractivity contribution in [1.82, 2.24) is 0 Å². The molecular formula is C24H48NO7P. The van der Waals surface area contributed by atoms with Gasteiger partial charge in [-0.3, -0.25) is 13.8 Å². The van der Waals surface area contributed by atoms with Gasteiger partial charge < -0.3 is 20.5 Å². The van der Waals surface area contributed by atoms with Crippen molar-refractivity contribution in [1.29, 1.82) is 0 Å². The van der Waals surface area contributed by atoms with Crippen molar-refractivity contribution >= 4 is 13.8 Å². The summed E-state index contributed by atoms with van der Waals surface area (Å²) in [6, 6.07) is 0. The van der Waals surface area contributed by atoms with Crippen molar-refractivity contribution in [2.24, 2.45) is 5.73 Å². The highest BCUT2D eigenvalue weighted by molar-refractivity contribution is 7.47. The van der Waals surface area contributed by atoms with Gasteiger partial charge in [0, 0.05) is 13.0 Å². The summed E-state index contributed by atoms with van der Waals surface area (Å²) >= 11 is 0. The SMILES string of the molecule is CCCCCCCCC/C=C/CCCCCCCC(=O)OCC(O)COP(=O)(O)OCCN. The van der Waals surface area contributed by atoms with Gasteiger partial charge in [-0.25, -0.2) is 4.57 Å². The van der Waals surface area contributed by atoms with Gasteiger partial charge in [-0.05, 0) is 32.1 Å². The number of phosphoric acid groups is 1. The first kappa shape index (κ1) is 32.2. The topological polar surface area (TPSA) is 128 Å². The summed E-state index contributed by atoms with van der Waals surface area (Å²) in [4.78, 5) is 21.0. The van der Waals surface area contributed by atoms with Crippen molar-refractivity contribution in [2.75, 3.05) is 26.4 Å². The highest BCUT2D eigenvalue weighted by Crippen LogP contribution is 2.42. The van der Waals surface area contributed by atoms with Crippen LogP contribution in [-0.4, -0.2) is 48.4 Å². The highest BCUT2D eigenvalue weighted by Gasteiger charge is 2.22. The Labute approximate surface area is 200 Å². The molecule has 8 nitrogen and oxygen atoms in total. The van der Waals surface area contributed by atoms with Crippen molar-refractivity contribution in [3.8, 4) is 0 Å². The second kappa shape index (κ2) is 23.0. The molecule has 0 saturated heterocycles. The highest BCUT2D eigenvalue weighted by atomic mass is 31.2. The lowest BCUT2D eigenvalue weighted by Crippen LogP contribution is -2.23. The Morgan fingerprint density at radius 3 is 2.00 bits per heavy atom. The van der Waals surface area contributed by atoms with Gasteiger partial charge in [-0.2, -0.15) is 0 Å². The first-order valence-electron chi connectivity index (χ1n) is 12.7. The van der Waals surface area contributed by atoms with Gasteiger partial charge in [-0.15, -0.1) is 0 Å². The first-order valence-corrected chi connectivity index (χ1v) is 14.2. The van der Waals surface area contributed by atoms with Gasteiger partial charge in [0.2, 0.25) is 0 Å². The van der Waals surface area contributed by atoms with E-state index in [1.807, 2.05) is 0 Å². The summed E-state index contributed by atoms with van der Waals surface area (Å²) in [5, 5.41) is 9.68. The lowest BCUT2D eigenvalue weighted by molar-refractivity contribution is -0.147. The van der Waals surface area contributed by atoms with Crippen LogP contribution in [0.5, 0.6) is 0 Å². The predicted octanol–water partition coefficient (Wildman–Crippen LogP) is 5.41. The molecular weight excluding hydrogens is 445 g/mol. The number of allylic oxidation sites excluding steroid dienone is 2. The normalized spacial score (nSPS) is 14.4. The molecule has 0 radical (unpaired) electrons. The van der Waals surface area contributed by atoms with Crippen LogP contribution >= 0.6 is 7.82 Å². The first-order chi connectivity index (χ1) is 15.9. The van der Waals surface area contributed by atoms with E-state index in [0.29, 0.717) is 6.42 Å². The largest absolute Gasteiger partial charge is 0.472 e. The smallest absolute Gasteiger partial charge is 0.463 e. The summed E-state index contributed by atoms with van der Waals surface area (Å²) in [6.07, 6.45) is 20.6. The van der Waals surface area contributed by atoms with Crippen LogP contribution in [-0.2, 0) is 23.1 Å². The number of hydrogen-bond donors (Lipinski definition) is 3. The molecule has 0 fully saturated rings. The number of nitrogens with two attached hydrogens (primary N) is 1. The molecule has 0 spiro atoms. The second-order valence-electron chi connectivity index (χ2n) is 8.41. The zero-order valence-corrected chi connectivity index (χ0v) is 21.5. The van der Waals surface area contributed by atoms with Crippen molar-refractivity contribution in [3.63, 3.8) is 0 Å². The van der Waals surface area contributed by atoms with E-state index in [1.54, 1.807) is 0 Å².